The number of fused-ring (bicyclic) bond motifs is 1. The molecule has 0 radical (unpaired) electrons. The van der Waals surface area contributed by atoms with Crippen LogP contribution in [0.25, 0.3) is 0 Å². The summed E-state index contributed by atoms with van der Waals surface area (Å²) in [6.07, 6.45) is 5.54. The summed E-state index contributed by atoms with van der Waals surface area (Å²) >= 11 is 0. The molecule has 1 atom stereocenters. The lowest BCUT2D eigenvalue weighted by Crippen LogP contribution is -2.21. The molecule has 4 nitrogen and oxygen atoms in total. The molecular formula is C16H21N3O. The lowest BCUT2D eigenvalue weighted by Gasteiger charge is -2.25. The highest BCUT2D eigenvalue weighted by Crippen LogP contribution is 2.32. The highest BCUT2D eigenvalue weighted by Gasteiger charge is 2.18. The topological polar surface area (TPSA) is 39.1 Å². The number of nitrogens with zero attached hydrogens (tertiary/aromatic N) is 2. The van der Waals surface area contributed by atoms with Gasteiger partial charge in [0, 0.05) is 19.3 Å². The average Bonchev–Trinajstić information content (AvgIpc) is 2.89. The molecule has 0 amide bonds. The van der Waals surface area contributed by atoms with E-state index in [0.717, 1.165) is 17.9 Å². The molecule has 20 heavy (non-hydrogen) atoms. The van der Waals surface area contributed by atoms with Crippen molar-refractivity contribution in [2.24, 2.45) is 7.05 Å². The monoisotopic (exact) mass is 271 g/mol. The van der Waals surface area contributed by atoms with Crippen molar-refractivity contribution in [3.63, 3.8) is 0 Å². The molecule has 0 saturated heterocycles. The number of ether oxygens (including phenoxy) is 1. The predicted octanol–water partition coefficient (Wildman–Crippen LogP) is 2.60. The number of benzene rings is 1. The first-order valence-electron chi connectivity index (χ1n) is 7.17. The van der Waals surface area contributed by atoms with E-state index in [1.807, 2.05) is 26.4 Å². The highest BCUT2D eigenvalue weighted by atomic mass is 16.5. The van der Waals surface area contributed by atoms with Crippen LogP contribution in [0.1, 0.15) is 35.7 Å². The van der Waals surface area contributed by atoms with Crippen LogP contribution in [-0.2, 0) is 20.1 Å². The van der Waals surface area contributed by atoms with Crippen molar-refractivity contribution in [3.8, 4) is 5.75 Å². The van der Waals surface area contributed by atoms with E-state index in [1.54, 1.807) is 4.68 Å². The van der Waals surface area contributed by atoms with Crippen molar-refractivity contribution in [3.05, 3.63) is 47.3 Å². The Balaban J connectivity index is 1.72. The first-order valence-corrected chi connectivity index (χ1v) is 7.17. The Labute approximate surface area is 119 Å². The van der Waals surface area contributed by atoms with Crippen LogP contribution < -0.4 is 10.1 Å². The van der Waals surface area contributed by atoms with E-state index >= 15 is 0 Å². The lowest BCUT2D eigenvalue weighted by atomic mass is 9.87. The zero-order valence-corrected chi connectivity index (χ0v) is 12.1. The molecule has 1 aliphatic carbocycles. The van der Waals surface area contributed by atoms with Gasteiger partial charge in [0.15, 0.2) is 0 Å². The summed E-state index contributed by atoms with van der Waals surface area (Å²) in [5.41, 5.74) is 3.79. The Hall–Kier alpha value is -1.81. The van der Waals surface area contributed by atoms with Crippen LogP contribution in [-0.4, -0.2) is 16.8 Å². The number of hydrogen-bond acceptors (Lipinski definition) is 3. The standard InChI is InChI=1S/C16H21N3O/c1-17-16-5-3-4-12-10-14(6-7-15(12)16)20-11-13-8-9-19(2)18-13/h6-10,16-17H,3-5,11H2,1-2H3. The summed E-state index contributed by atoms with van der Waals surface area (Å²) in [4.78, 5) is 0. The van der Waals surface area contributed by atoms with E-state index in [9.17, 15) is 0 Å². The van der Waals surface area contributed by atoms with Crippen molar-refractivity contribution in [2.45, 2.75) is 31.9 Å². The fourth-order valence-corrected chi connectivity index (χ4v) is 2.88. The molecule has 4 heteroatoms. The Kier molecular flexibility index (Phi) is 3.74. The summed E-state index contributed by atoms with van der Waals surface area (Å²) in [5, 5.41) is 7.71. The Morgan fingerprint density at radius 2 is 2.30 bits per heavy atom. The number of aryl methyl sites for hydroxylation is 2. The molecule has 1 aromatic carbocycles. The van der Waals surface area contributed by atoms with Gasteiger partial charge in [0.2, 0.25) is 0 Å². The molecule has 1 N–H and O–H groups in total. The van der Waals surface area contributed by atoms with Gasteiger partial charge in [-0.15, -0.1) is 0 Å². The quantitative estimate of drug-likeness (QED) is 0.929. The third kappa shape index (κ3) is 2.70. The van der Waals surface area contributed by atoms with Crippen molar-refractivity contribution in [1.82, 2.24) is 15.1 Å². The second-order valence-electron chi connectivity index (χ2n) is 5.36. The Morgan fingerprint density at radius 1 is 1.40 bits per heavy atom. The number of rotatable bonds is 4. The van der Waals surface area contributed by atoms with Crippen molar-refractivity contribution in [1.29, 1.82) is 0 Å². The molecule has 0 aliphatic heterocycles. The molecule has 1 heterocycles. The predicted molar refractivity (Wildman–Crippen MR) is 78.7 cm³/mol. The fourth-order valence-electron chi connectivity index (χ4n) is 2.88. The van der Waals surface area contributed by atoms with E-state index < -0.39 is 0 Å². The maximum atomic E-state index is 5.84. The molecule has 2 aromatic rings. The van der Waals surface area contributed by atoms with Gasteiger partial charge in [0.05, 0.1) is 5.69 Å². The molecule has 0 spiro atoms. The summed E-state index contributed by atoms with van der Waals surface area (Å²) < 4.78 is 7.64. The number of nitrogens with one attached hydrogen (secondary N) is 1. The zero-order valence-electron chi connectivity index (χ0n) is 12.1. The van der Waals surface area contributed by atoms with Crippen molar-refractivity contribution in [2.75, 3.05) is 7.05 Å². The minimum atomic E-state index is 0.489. The van der Waals surface area contributed by atoms with Crippen molar-refractivity contribution >= 4 is 0 Å². The van der Waals surface area contributed by atoms with Crippen LogP contribution >= 0.6 is 0 Å². The van der Waals surface area contributed by atoms with E-state index in [-0.39, 0.29) is 0 Å². The molecule has 0 bridgehead atoms. The van der Waals surface area contributed by atoms with Crippen LogP contribution in [0.3, 0.4) is 0 Å². The van der Waals surface area contributed by atoms with Crippen LogP contribution in [0.15, 0.2) is 30.5 Å². The van der Waals surface area contributed by atoms with Gasteiger partial charge in [-0.25, -0.2) is 0 Å². The van der Waals surface area contributed by atoms with E-state index in [0.29, 0.717) is 12.6 Å². The van der Waals surface area contributed by atoms with Gasteiger partial charge >= 0.3 is 0 Å². The Bertz CT molecular complexity index is 591. The van der Waals surface area contributed by atoms with Gasteiger partial charge in [0.25, 0.3) is 0 Å². The summed E-state index contributed by atoms with van der Waals surface area (Å²) in [6.45, 7) is 0.523. The summed E-state index contributed by atoms with van der Waals surface area (Å²) in [5.74, 6) is 0.936. The smallest absolute Gasteiger partial charge is 0.132 e. The lowest BCUT2D eigenvalue weighted by molar-refractivity contribution is 0.299. The summed E-state index contributed by atoms with van der Waals surface area (Å²) in [6, 6.07) is 8.92. The molecular weight excluding hydrogens is 250 g/mol. The van der Waals surface area contributed by atoms with Crippen LogP contribution in [0.5, 0.6) is 5.75 Å². The van der Waals surface area contributed by atoms with Gasteiger partial charge in [-0.2, -0.15) is 5.10 Å². The normalized spacial score (nSPS) is 17.8. The van der Waals surface area contributed by atoms with Gasteiger partial charge in [-0.1, -0.05) is 6.07 Å². The first kappa shape index (κ1) is 13.2. The molecule has 3 rings (SSSR count). The highest BCUT2D eigenvalue weighted by molar-refractivity contribution is 5.39. The number of aromatic nitrogens is 2. The maximum absolute atomic E-state index is 5.84. The van der Waals surface area contributed by atoms with Crippen LogP contribution in [0.4, 0.5) is 0 Å². The minimum Gasteiger partial charge on any atom is -0.487 e. The van der Waals surface area contributed by atoms with Crippen LogP contribution in [0.2, 0.25) is 0 Å². The molecule has 1 unspecified atom stereocenters. The Morgan fingerprint density at radius 3 is 3.05 bits per heavy atom. The second kappa shape index (κ2) is 5.67. The summed E-state index contributed by atoms with van der Waals surface area (Å²) in [7, 11) is 3.95. The van der Waals surface area contributed by atoms with Gasteiger partial charge < -0.3 is 10.1 Å². The molecule has 1 aromatic heterocycles. The third-order valence-electron chi connectivity index (χ3n) is 3.93. The SMILES string of the molecule is CNC1CCCc2cc(OCc3ccn(C)n3)ccc21. The first-order chi connectivity index (χ1) is 9.76. The zero-order chi connectivity index (χ0) is 13.9. The largest absolute Gasteiger partial charge is 0.487 e. The molecule has 0 fully saturated rings. The molecule has 1 aliphatic rings. The maximum Gasteiger partial charge on any atom is 0.132 e. The molecule has 0 saturated carbocycles. The van der Waals surface area contributed by atoms with E-state index in [2.05, 4.69) is 28.6 Å². The van der Waals surface area contributed by atoms with Gasteiger partial charge in [-0.05, 0) is 55.6 Å². The number of hydrogen-bond donors (Lipinski definition) is 1. The van der Waals surface area contributed by atoms with Gasteiger partial charge in [-0.3, -0.25) is 4.68 Å². The van der Waals surface area contributed by atoms with Gasteiger partial charge in [0.1, 0.15) is 12.4 Å². The third-order valence-corrected chi connectivity index (χ3v) is 3.93. The molecule has 106 valence electrons. The van der Waals surface area contributed by atoms with E-state index in [1.165, 1.54) is 24.0 Å². The fraction of sp³-hybridized carbons (Fsp3) is 0.438. The van der Waals surface area contributed by atoms with Crippen LogP contribution in [0, 0.1) is 0 Å². The van der Waals surface area contributed by atoms with Crippen molar-refractivity contribution < 1.29 is 4.74 Å². The average molecular weight is 271 g/mol. The minimum absolute atomic E-state index is 0.489. The van der Waals surface area contributed by atoms with E-state index in [4.69, 9.17) is 4.74 Å². The second-order valence-corrected chi connectivity index (χ2v) is 5.36.